The van der Waals surface area contributed by atoms with Crippen molar-refractivity contribution in [2.24, 2.45) is 0 Å². The molecule has 0 saturated carbocycles. The van der Waals surface area contributed by atoms with Crippen molar-refractivity contribution < 1.29 is 4.39 Å². The SMILES string of the molecule is O=c1c(Br)cncn1Cc1cc(Br)ccc1F. The van der Waals surface area contributed by atoms with Crippen LogP contribution < -0.4 is 5.56 Å². The number of nitrogens with zero attached hydrogens (tertiary/aromatic N) is 2. The summed E-state index contributed by atoms with van der Waals surface area (Å²) in [5.74, 6) is -0.347. The van der Waals surface area contributed by atoms with Crippen LogP contribution in [0.4, 0.5) is 4.39 Å². The maximum absolute atomic E-state index is 13.5. The van der Waals surface area contributed by atoms with E-state index in [1.54, 1.807) is 12.1 Å². The molecular formula is C11H7Br2FN2O. The molecule has 1 aromatic heterocycles. The summed E-state index contributed by atoms with van der Waals surface area (Å²) in [6, 6.07) is 4.61. The molecule has 1 aromatic carbocycles. The average molecular weight is 362 g/mol. The van der Waals surface area contributed by atoms with E-state index in [2.05, 4.69) is 36.8 Å². The van der Waals surface area contributed by atoms with E-state index < -0.39 is 0 Å². The molecule has 3 nitrogen and oxygen atoms in total. The monoisotopic (exact) mass is 360 g/mol. The van der Waals surface area contributed by atoms with Gasteiger partial charge in [0.25, 0.3) is 5.56 Å². The Morgan fingerprint density at radius 1 is 1.35 bits per heavy atom. The highest BCUT2D eigenvalue weighted by atomic mass is 79.9. The van der Waals surface area contributed by atoms with E-state index in [4.69, 9.17) is 0 Å². The lowest BCUT2D eigenvalue weighted by Gasteiger charge is -2.07. The topological polar surface area (TPSA) is 34.9 Å². The summed E-state index contributed by atoms with van der Waals surface area (Å²) in [6.07, 6.45) is 2.80. The molecule has 0 saturated heterocycles. The molecule has 0 bridgehead atoms. The third-order valence-corrected chi connectivity index (χ3v) is 3.24. The third-order valence-electron chi connectivity index (χ3n) is 2.21. The number of rotatable bonds is 2. The number of hydrogen-bond donors (Lipinski definition) is 0. The van der Waals surface area contributed by atoms with Gasteiger partial charge < -0.3 is 0 Å². The van der Waals surface area contributed by atoms with Crippen molar-refractivity contribution in [2.75, 3.05) is 0 Å². The predicted octanol–water partition coefficient (Wildman–Crippen LogP) is 2.96. The van der Waals surface area contributed by atoms with Crippen molar-refractivity contribution in [1.82, 2.24) is 9.55 Å². The van der Waals surface area contributed by atoms with E-state index in [0.717, 1.165) is 4.47 Å². The largest absolute Gasteiger partial charge is 0.294 e. The Kier molecular flexibility index (Phi) is 3.73. The molecule has 0 aliphatic heterocycles. The van der Waals surface area contributed by atoms with Crippen LogP contribution in [0.1, 0.15) is 5.56 Å². The van der Waals surface area contributed by atoms with Crippen LogP contribution in [0.5, 0.6) is 0 Å². The molecule has 0 aliphatic rings. The smallest absolute Gasteiger partial charge is 0.267 e. The summed E-state index contributed by atoms with van der Waals surface area (Å²) in [4.78, 5) is 15.6. The molecule has 0 amide bonds. The van der Waals surface area contributed by atoms with E-state index in [-0.39, 0.29) is 17.9 Å². The van der Waals surface area contributed by atoms with E-state index in [0.29, 0.717) is 10.0 Å². The van der Waals surface area contributed by atoms with Crippen LogP contribution in [-0.4, -0.2) is 9.55 Å². The Balaban J connectivity index is 2.41. The molecule has 2 aromatic rings. The zero-order valence-electron chi connectivity index (χ0n) is 8.53. The Morgan fingerprint density at radius 2 is 2.12 bits per heavy atom. The summed E-state index contributed by atoms with van der Waals surface area (Å²) >= 11 is 6.36. The van der Waals surface area contributed by atoms with Gasteiger partial charge in [-0.1, -0.05) is 15.9 Å². The summed E-state index contributed by atoms with van der Waals surface area (Å²) < 4.78 is 16.0. The van der Waals surface area contributed by atoms with Gasteiger partial charge in [0.15, 0.2) is 0 Å². The van der Waals surface area contributed by atoms with Crippen molar-refractivity contribution in [1.29, 1.82) is 0 Å². The van der Waals surface area contributed by atoms with Crippen molar-refractivity contribution in [3.05, 3.63) is 61.4 Å². The zero-order chi connectivity index (χ0) is 12.4. The quantitative estimate of drug-likeness (QED) is 0.824. The maximum Gasteiger partial charge on any atom is 0.267 e. The number of halogens is 3. The summed E-state index contributed by atoms with van der Waals surface area (Å²) in [5, 5.41) is 0. The van der Waals surface area contributed by atoms with E-state index in [1.165, 1.54) is 23.2 Å². The van der Waals surface area contributed by atoms with Crippen molar-refractivity contribution >= 4 is 31.9 Å². The van der Waals surface area contributed by atoms with Gasteiger partial charge in [0.05, 0.1) is 12.9 Å². The number of hydrogen-bond acceptors (Lipinski definition) is 2. The Bertz CT molecular complexity index is 613. The molecule has 0 unspecified atom stereocenters. The van der Waals surface area contributed by atoms with Gasteiger partial charge in [-0.25, -0.2) is 9.37 Å². The Labute approximate surface area is 114 Å². The first-order valence-electron chi connectivity index (χ1n) is 4.72. The highest BCUT2D eigenvalue weighted by Crippen LogP contribution is 2.16. The second-order valence-corrected chi connectivity index (χ2v) is 5.18. The molecule has 88 valence electrons. The van der Waals surface area contributed by atoms with Crippen LogP contribution in [0.25, 0.3) is 0 Å². The van der Waals surface area contributed by atoms with Crippen LogP contribution in [0.2, 0.25) is 0 Å². The minimum atomic E-state index is -0.347. The van der Waals surface area contributed by atoms with Gasteiger partial charge in [0.1, 0.15) is 10.3 Å². The molecule has 0 radical (unpaired) electrons. The first-order valence-corrected chi connectivity index (χ1v) is 6.30. The molecule has 6 heteroatoms. The summed E-state index contributed by atoms with van der Waals surface area (Å²) in [7, 11) is 0. The fraction of sp³-hybridized carbons (Fsp3) is 0.0909. The zero-order valence-corrected chi connectivity index (χ0v) is 11.7. The number of benzene rings is 1. The van der Waals surface area contributed by atoms with Gasteiger partial charge in [0.2, 0.25) is 0 Å². The first-order chi connectivity index (χ1) is 8.08. The fourth-order valence-corrected chi connectivity index (χ4v) is 2.14. The van der Waals surface area contributed by atoms with Crippen LogP contribution in [-0.2, 0) is 6.54 Å². The highest BCUT2D eigenvalue weighted by molar-refractivity contribution is 9.10. The summed E-state index contributed by atoms with van der Waals surface area (Å²) in [6.45, 7) is 0.149. The number of aromatic nitrogens is 2. The van der Waals surface area contributed by atoms with Gasteiger partial charge in [-0.2, -0.15) is 0 Å². The second kappa shape index (κ2) is 5.10. The fourth-order valence-electron chi connectivity index (χ4n) is 1.38. The van der Waals surface area contributed by atoms with Gasteiger partial charge >= 0.3 is 0 Å². The third kappa shape index (κ3) is 2.81. The van der Waals surface area contributed by atoms with E-state index in [9.17, 15) is 9.18 Å². The lowest BCUT2D eigenvalue weighted by molar-refractivity contribution is 0.593. The Morgan fingerprint density at radius 3 is 2.88 bits per heavy atom. The molecular weight excluding hydrogens is 355 g/mol. The minimum Gasteiger partial charge on any atom is -0.294 e. The normalized spacial score (nSPS) is 10.5. The lowest BCUT2D eigenvalue weighted by atomic mass is 10.2. The molecule has 0 spiro atoms. The molecule has 0 atom stereocenters. The Hall–Kier alpha value is -1.01. The van der Waals surface area contributed by atoms with Crippen molar-refractivity contribution in [3.8, 4) is 0 Å². The van der Waals surface area contributed by atoms with Gasteiger partial charge in [-0.3, -0.25) is 9.36 Å². The van der Waals surface area contributed by atoms with Crippen molar-refractivity contribution in [3.63, 3.8) is 0 Å². The molecule has 1 heterocycles. The van der Waals surface area contributed by atoms with Crippen LogP contribution in [0, 0.1) is 5.82 Å². The second-order valence-electron chi connectivity index (χ2n) is 3.41. The maximum atomic E-state index is 13.5. The molecule has 2 rings (SSSR count). The lowest BCUT2D eigenvalue weighted by Crippen LogP contribution is -2.21. The summed E-state index contributed by atoms with van der Waals surface area (Å²) in [5.41, 5.74) is 0.195. The van der Waals surface area contributed by atoms with Gasteiger partial charge in [-0.05, 0) is 34.1 Å². The predicted molar refractivity (Wildman–Crippen MR) is 69.4 cm³/mol. The highest BCUT2D eigenvalue weighted by Gasteiger charge is 2.06. The molecule has 17 heavy (non-hydrogen) atoms. The first kappa shape index (κ1) is 12.4. The van der Waals surface area contributed by atoms with E-state index in [1.807, 2.05) is 0 Å². The average Bonchev–Trinajstić information content (AvgIpc) is 2.30. The molecule has 0 aliphatic carbocycles. The standard InChI is InChI=1S/C11H7Br2FN2O/c12-8-1-2-10(14)7(3-8)5-16-6-15-4-9(13)11(16)17/h1-4,6H,5H2. The van der Waals surface area contributed by atoms with Gasteiger partial charge in [0, 0.05) is 16.2 Å². The minimum absolute atomic E-state index is 0.149. The van der Waals surface area contributed by atoms with Crippen LogP contribution in [0.3, 0.4) is 0 Å². The van der Waals surface area contributed by atoms with Crippen LogP contribution >= 0.6 is 31.9 Å². The van der Waals surface area contributed by atoms with Crippen molar-refractivity contribution in [2.45, 2.75) is 6.54 Å². The van der Waals surface area contributed by atoms with Gasteiger partial charge in [-0.15, -0.1) is 0 Å². The van der Waals surface area contributed by atoms with Crippen LogP contribution in [0.15, 0.2) is 44.5 Å². The molecule has 0 fully saturated rings. The van der Waals surface area contributed by atoms with E-state index >= 15 is 0 Å². The molecule has 0 N–H and O–H groups in total.